The average Bonchev–Trinajstić information content (AvgIpc) is 2.39. The summed E-state index contributed by atoms with van der Waals surface area (Å²) in [7, 11) is 5.22. The van der Waals surface area contributed by atoms with Crippen molar-refractivity contribution in [3.8, 4) is 11.5 Å². The van der Waals surface area contributed by atoms with Gasteiger partial charge in [-0.25, -0.2) is 4.98 Å². The van der Waals surface area contributed by atoms with Gasteiger partial charge < -0.3 is 14.8 Å². The van der Waals surface area contributed by atoms with Crippen LogP contribution in [0.3, 0.4) is 0 Å². The third kappa shape index (κ3) is 1.74. The molecule has 1 N–H and O–H groups in total. The topological polar surface area (TPSA) is 43.4 Å². The maximum absolute atomic E-state index is 5.43. The highest BCUT2D eigenvalue weighted by Gasteiger charge is 2.15. The molecule has 96 valence electrons. The Bertz CT molecular complexity index is 594. The molecule has 0 fully saturated rings. The van der Waals surface area contributed by atoms with Crippen LogP contribution >= 0.6 is 0 Å². The van der Waals surface area contributed by atoms with E-state index in [1.54, 1.807) is 14.2 Å². The van der Waals surface area contributed by atoms with E-state index in [1.165, 1.54) is 0 Å². The molecule has 0 aliphatic rings. The molecule has 0 radical (unpaired) electrons. The van der Waals surface area contributed by atoms with E-state index in [2.05, 4.69) is 10.3 Å². The summed E-state index contributed by atoms with van der Waals surface area (Å²) in [6, 6.07) is 3.78. The van der Waals surface area contributed by atoms with Crippen LogP contribution in [0.25, 0.3) is 10.9 Å². The van der Waals surface area contributed by atoms with Crippen molar-refractivity contribution in [2.24, 2.45) is 0 Å². The van der Waals surface area contributed by atoms with E-state index in [0.29, 0.717) is 0 Å². The molecule has 0 aliphatic heterocycles. The van der Waals surface area contributed by atoms with Crippen LogP contribution < -0.4 is 14.8 Å². The molecule has 0 spiro atoms. The zero-order chi connectivity index (χ0) is 13.3. The first-order chi connectivity index (χ1) is 8.63. The Morgan fingerprint density at radius 2 is 1.67 bits per heavy atom. The fourth-order valence-electron chi connectivity index (χ4n) is 2.17. The molecule has 1 heterocycles. The smallest absolute Gasteiger partial charge is 0.145 e. The molecule has 0 amide bonds. The van der Waals surface area contributed by atoms with Gasteiger partial charge in [0, 0.05) is 12.7 Å². The average molecular weight is 246 g/mol. The van der Waals surface area contributed by atoms with Gasteiger partial charge in [-0.1, -0.05) is 0 Å². The second-order valence-corrected chi connectivity index (χ2v) is 4.14. The molecule has 1 aromatic heterocycles. The van der Waals surface area contributed by atoms with Gasteiger partial charge in [0.15, 0.2) is 0 Å². The van der Waals surface area contributed by atoms with Gasteiger partial charge in [-0.2, -0.15) is 0 Å². The number of benzene rings is 1. The van der Waals surface area contributed by atoms with Crippen molar-refractivity contribution in [1.29, 1.82) is 0 Å². The summed E-state index contributed by atoms with van der Waals surface area (Å²) in [6.45, 7) is 4.04. The van der Waals surface area contributed by atoms with Crippen molar-refractivity contribution in [3.05, 3.63) is 23.4 Å². The molecule has 0 unspecified atom stereocenters. The van der Waals surface area contributed by atoms with E-state index in [4.69, 9.17) is 9.47 Å². The summed E-state index contributed by atoms with van der Waals surface area (Å²) in [4.78, 5) is 4.62. The lowest BCUT2D eigenvalue weighted by atomic mass is 10.1. The molecule has 0 bridgehead atoms. The van der Waals surface area contributed by atoms with Gasteiger partial charge in [0.25, 0.3) is 0 Å². The fraction of sp³-hybridized carbons (Fsp3) is 0.357. The van der Waals surface area contributed by atoms with Crippen molar-refractivity contribution >= 4 is 16.6 Å². The highest BCUT2D eigenvalue weighted by molar-refractivity contribution is 6.01. The molecule has 18 heavy (non-hydrogen) atoms. The van der Waals surface area contributed by atoms with Gasteiger partial charge in [0.1, 0.15) is 17.0 Å². The lowest BCUT2D eigenvalue weighted by Gasteiger charge is -2.16. The first-order valence-electron chi connectivity index (χ1n) is 5.83. The van der Waals surface area contributed by atoms with E-state index < -0.39 is 0 Å². The first-order valence-corrected chi connectivity index (χ1v) is 5.83. The summed E-state index contributed by atoms with van der Waals surface area (Å²) >= 11 is 0. The predicted octanol–water partition coefficient (Wildman–Crippen LogP) is 2.91. The van der Waals surface area contributed by atoms with Crippen LogP contribution in [0.15, 0.2) is 12.1 Å². The fourth-order valence-corrected chi connectivity index (χ4v) is 2.17. The number of ether oxygens (including phenoxy) is 2. The van der Waals surface area contributed by atoms with Crippen LogP contribution in [0.5, 0.6) is 11.5 Å². The maximum Gasteiger partial charge on any atom is 0.145 e. The highest BCUT2D eigenvalue weighted by Crippen LogP contribution is 2.38. The maximum atomic E-state index is 5.43. The van der Waals surface area contributed by atoms with Crippen LogP contribution in [-0.2, 0) is 0 Å². The van der Waals surface area contributed by atoms with Gasteiger partial charge in [0.2, 0.25) is 0 Å². The molecular weight excluding hydrogens is 228 g/mol. The van der Waals surface area contributed by atoms with Gasteiger partial charge in [-0.3, -0.25) is 0 Å². The number of nitrogens with one attached hydrogen (secondary N) is 1. The number of aromatic nitrogens is 1. The number of pyridine rings is 1. The molecule has 0 aliphatic carbocycles. The number of hydrogen-bond acceptors (Lipinski definition) is 4. The van der Waals surface area contributed by atoms with Crippen LogP contribution in [0.2, 0.25) is 0 Å². The number of nitrogens with zero attached hydrogens (tertiary/aromatic N) is 1. The third-order valence-corrected chi connectivity index (χ3v) is 3.24. The lowest BCUT2D eigenvalue weighted by Crippen LogP contribution is -2.01. The van der Waals surface area contributed by atoms with Crippen LogP contribution in [0.4, 0.5) is 5.69 Å². The third-order valence-electron chi connectivity index (χ3n) is 3.24. The van der Waals surface area contributed by atoms with Crippen molar-refractivity contribution in [3.63, 3.8) is 0 Å². The minimum atomic E-state index is 0.755. The summed E-state index contributed by atoms with van der Waals surface area (Å²) in [5.74, 6) is 1.55. The molecule has 2 rings (SSSR count). The molecule has 2 aromatic rings. The summed E-state index contributed by atoms with van der Waals surface area (Å²) in [5, 5.41) is 4.19. The normalized spacial score (nSPS) is 10.5. The van der Waals surface area contributed by atoms with Gasteiger partial charge in [-0.15, -0.1) is 0 Å². The Morgan fingerprint density at radius 3 is 2.22 bits per heavy atom. The van der Waals surface area contributed by atoms with E-state index >= 15 is 0 Å². The number of methoxy groups -OCH3 is 2. The number of aryl methyl sites for hydroxylation is 1. The zero-order valence-corrected chi connectivity index (χ0v) is 11.4. The number of anilines is 1. The largest absolute Gasteiger partial charge is 0.496 e. The van der Waals surface area contributed by atoms with E-state index in [9.17, 15) is 0 Å². The Balaban J connectivity index is 2.97. The summed E-state index contributed by atoms with van der Waals surface area (Å²) in [6.07, 6.45) is 0. The lowest BCUT2D eigenvalue weighted by molar-refractivity contribution is 0.410. The standard InChI is InChI=1S/C14H18N2O2/c1-8-9(2)16-14-11(18-5)7-6-10(17-4)12(14)13(8)15-3/h6-7H,1-5H3,(H,15,16). The second kappa shape index (κ2) is 4.72. The van der Waals surface area contributed by atoms with Crippen molar-refractivity contribution in [2.75, 3.05) is 26.6 Å². The number of hydrogen-bond donors (Lipinski definition) is 1. The highest BCUT2D eigenvalue weighted by atomic mass is 16.5. The SMILES string of the molecule is CNc1c(C)c(C)nc2c(OC)ccc(OC)c12. The Labute approximate surface area is 107 Å². The molecule has 4 heteroatoms. The van der Waals surface area contributed by atoms with Crippen LogP contribution in [0, 0.1) is 13.8 Å². The van der Waals surface area contributed by atoms with E-state index in [1.807, 2.05) is 33.0 Å². The number of rotatable bonds is 3. The predicted molar refractivity (Wildman–Crippen MR) is 73.9 cm³/mol. The Hall–Kier alpha value is -1.97. The van der Waals surface area contributed by atoms with Crippen molar-refractivity contribution in [1.82, 2.24) is 4.98 Å². The molecule has 0 atom stereocenters. The van der Waals surface area contributed by atoms with E-state index in [-0.39, 0.29) is 0 Å². The van der Waals surface area contributed by atoms with E-state index in [0.717, 1.165) is 39.3 Å². The number of fused-ring (bicyclic) bond motifs is 1. The summed E-state index contributed by atoms with van der Waals surface area (Å²) in [5.41, 5.74) is 3.97. The van der Waals surface area contributed by atoms with Crippen molar-refractivity contribution < 1.29 is 9.47 Å². The minimum absolute atomic E-state index is 0.755. The first kappa shape index (κ1) is 12.5. The van der Waals surface area contributed by atoms with Gasteiger partial charge in [-0.05, 0) is 31.5 Å². The second-order valence-electron chi connectivity index (χ2n) is 4.14. The van der Waals surface area contributed by atoms with Crippen molar-refractivity contribution in [2.45, 2.75) is 13.8 Å². The molecule has 4 nitrogen and oxygen atoms in total. The Morgan fingerprint density at radius 1 is 1.06 bits per heavy atom. The molecule has 0 saturated carbocycles. The molecule has 1 aromatic carbocycles. The van der Waals surface area contributed by atoms with Crippen LogP contribution in [-0.4, -0.2) is 26.3 Å². The molecular formula is C14H18N2O2. The van der Waals surface area contributed by atoms with Crippen LogP contribution in [0.1, 0.15) is 11.3 Å². The van der Waals surface area contributed by atoms with Gasteiger partial charge >= 0.3 is 0 Å². The summed E-state index contributed by atoms with van der Waals surface area (Å²) < 4.78 is 10.8. The molecule has 0 saturated heterocycles. The minimum Gasteiger partial charge on any atom is -0.496 e. The quantitative estimate of drug-likeness (QED) is 0.904. The Kier molecular flexibility index (Phi) is 3.28. The zero-order valence-electron chi connectivity index (χ0n) is 11.4. The monoisotopic (exact) mass is 246 g/mol. The van der Waals surface area contributed by atoms with Gasteiger partial charge in [0.05, 0.1) is 25.3 Å².